The number of nitriles is 1. The van der Waals surface area contributed by atoms with E-state index in [1.807, 2.05) is 24.3 Å². The molecule has 1 atom stereocenters. The molecule has 1 aromatic rings. The molecule has 0 amide bonds. The smallest absolute Gasteiger partial charge is 0.235 e. The van der Waals surface area contributed by atoms with Crippen molar-refractivity contribution in [2.24, 2.45) is 5.92 Å². The van der Waals surface area contributed by atoms with Gasteiger partial charge in [0.2, 0.25) is 10.0 Å². The molecule has 0 aromatic heterocycles. The minimum Gasteiger partial charge on any atom is -0.310 e. The van der Waals surface area contributed by atoms with Gasteiger partial charge in [0.05, 0.1) is 11.4 Å². The van der Waals surface area contributed by atoms with Crippen molar-refractivity contribution in [3.63, 3.8) is 0 Å². The second kappa shape index (κ2) is 4.98. The number of benzene rings is 1. The Hall–Kier alpha value is -1.74. The average Bonchev–Trinajstić information content (AvgIpc) is 3.04. The van der Waals surface area contributed by atoms with Gasteiger partial charge in [0, 0.05) is 19.6 Å². The maximum Gasteiger partial charge on any atom is 0.235 e. The van der Waals surface area contributed by atoms with Gasteiger partial charge in [-0.05, 0) is 30.4 Å². The number of hydrogen-bond acceptors (Lipinski definition) is 4. The van der Waals surface area contributed by atoms with Gasteiger partial charge < -0.3 is 4.90 Å². The van der Waals surface area contributed by atoms with Crippen molar-refractivity contribution in [3.05, 3.63) is 29.8 Å². The number of likely N-dealkylation sites (tertiary alicyclic amines) is 1. The minimum absolute atomic E-state index is 0.0624. The molecule has 1 saturated heterocycles. The summed E-state index contributed by atoms with van der Waals surface area (Å²) in [6, 6.07) is 7.67. The SMILES string of the molecule is N#CN1CCC(CS(=O)(=O)N2CCc3ccccc32)C1. The van der Waals surface area contributed by atoms with Crippen LogP contribution in [0.2, 0.25) is 0 Å². The van der Waals surface area contributed by atoms with E-state index in [-0.39, 0.29) is 11.7 Å². The van der Waals surface area contributed by atoms with Gasteiger partial charge in [0.15, 0.2) is 6.19 Å². The molecule has 0 spiro atoms. The second-order valence-corrected chi connectivity index (χ2v) is 7.37. The number of anilines is 1. The maximum atomic E-state index is 12.6. The molecule has 0 N–H and O–H groups in total. The fraction of sp³-hybridized carbons (Fsp3) is 0.500. The highest BCUT2D eigenvalue weighted by atomic mass is 32.2. The summed E-state index contributed by atoms with van der Waals surface area (Å²) in [5, 5.41) is 8.84. The molecule has 0 aliphatic carbocycles. The average molecular weight is 291 g/mol. The number of nitrogens with zero attached hydrogens (tertiary/aromatic N) is 3. The third-order valence-electron chi connectivity index (χ3n) is 4.05. The quantitative estimate of drug-likeness (QED) is 0.785. The molecule has 2 aliphatic rings. The van der Waals surface area contributed by atoms with E-state index in [1.54, 1.807) is 4.90 Å². The number of rotatable bonds is 3. The van der Waals surface area contributed by atoms with Crippen LogP contribution in [-0.4, -0.2) is 38.7 Å². The standard InChI is InChI=1S/C14H17N3O2S/c15-11-16-7-5-12(9-16)10-20(18,19)17-8-6-13-3-1-2-4-14(13)17/h1-4,12H,5-10H2. The van der Waals surface area contributed by atoms with Crippen molar-refractivity contribution < 1.29 is 8.42 Å². The van der Waals surface area contributed by atoms with Crippen LogP contribution >= 0.6 is 0 Å². The molecular formula is C14H17N3O2S. The summed E-state index contributed by atoms with van der Waals surface area (Å²) >= 11 is 0. The van der Waals surface area contributed by atoms with Crippen LogP contribution in [0.25, 0.3) is 0 Å². The van der Waals surface area contributed by atoms with Crippen LogP contribution in [0.5, 0.6) is 0 Å². The van der Waals surface area contributed by atoms with Crippen molar-refractivity contribution in [3.8, 4) is 6.19 Å². The molecule has 3 rings (SSSR count). The Morgan fingerprint density at radius 1 is 1.30 bits per heavy atom. The number of sulfonamides is 1. The van der Waals surface area contributed by atoms with Crippen LogP contribution in [-0.2, 0) is 16.4 Å². The fourth-order valence-corrected chi connectivity index (χ4v) is 4.94. The topological polar surface area (TPSA) is 64.4 Å². The van der Waals surface area contributed by atoms with E-state index in [1.165, 1.54) is 4.31 Å². The zero-order chi connectivity index (χ0) is 14.2. The summed E-state index contributed by atoms with van der Waals surface area (Å²) in [6.07, 6.45) is 3.65. The van der Waals surface area contributed by atoms with Gasteiger partial charge in [-0.3, -0.25) is 4.31 Å². The van der Waals surface area contributed by atoms with E-state index < -0.39 is 10.0 Å². The summed E-state index contributed by atoms with van der Waals surface area (Å²) in [5.41, 5.74) is 1.92. The molecule has 2 aliphatic heterocycles. The Balaban J connectivity index is 1.76. The van der Waals surface area contributed by atoms with Crippen LogP contribution in [0.4, 0.5) is 5.69 Å². The molecule has 0 bridgehead atoms. The third-order valence-corrected chi connectivity index (χ3v) is 6.00. The summed E-state index contributed by atoms with van der Waals surface area (Å²) in [5.74, 6) is 0.201. The fourth-order valence-electron chi connectivity index (χ4n) is 3.04. The van der Waals surface area contributed by atoms with Crippen LogP contribution in [0.1, 0.15) is 12.0 Å². The molecule has 20 heavy (non-hydrogen) atoms. The van der Waals surface area contributed by atoms with Gasteiger partial charge in [-0.1, -0.05) is 18.2 Å². The molecule has 1 aromatic carbocycles. The second-order valence-electron chi connectivity index (χ2n) is 5.43. The normalized spacial score (nSPS) is 21.9. The molecule has 6 heteroatoms. The van der Waals surface area contributed by atoms with Crippen molar-refractivity contribution in [2.45, 2.75) is 12.8 Å². The summed E-state index contributed by atoms with van der Waals surface area (Å²) in [4.78, 5) is 1.64. The highest BCUT2D eigenvalue weighted by molar-refractivity contribution is 7.92. The van der Waals surface area contributed by atoms with Gasteiger partial charge in [-0.2, -0.15) is 5.26 Å². The number of para-hydroxylation sites is 1. The molecule has 5 nitrogen and oxygen atoms in total. The first-order valence-electron chi connectivity index (χ1n) is 6.83. The Morgan fingerprint density at radius 3 is 2.85 bits per heavy atom. The summed E-state index contributed by atoms with van der Waals surface area (Å²) in [7, 11) is -3.29. The zero-order valence-corrected chi connectivity index (χ0v) is 12.0. The highest BCUT2D eigenvalue weighted by Gasteiger charge is 2.33. The first-order chi connectivity index (χ1) is 9.60. The molecule has 2 heterocycles. The monoisotopic (exact) mass is 291 g/mol. The first kappa shape index (κ1) is 13.3. The lowest BCUT2D eigenvalue weighted by atomic mass is 10.2. The van der Waals surface area contributed by atoms with Gasteiger partial charge in [-0.25, -0.2) is 8.42 Å². The number of hydrogen-bond donors (Lipinski definition) is 0. The summed E-state index contributed by atoms with van der Waals surface area (Å²) in [6.45, 7) is 1.77. The van der Waals surface area contributed by atoms with E-state index in [9.17, 15) is 8.42 Å². The lowest BCUT2D eigenvalue weighted by Gasteiger charge is -2.21. The van der Waals surface area contributed by atoms with Crippen LogP contribution < -0.4 is 4.31 Å². The lowest BCUT2D eigenvalue weighted by Crippen LogP contribution is -2.34. The number of fused-ring (bicyclic) bond motifs is 1. The van der Waals surface area contributed by atoms with Crippen molar-refractivity contribution in [2.75, 3.05) is 29.7 Å². The molecule has 106 valence electrons. The molecular weight excluding hydrogens is 274 g/mol. The predicted octanol–water partition coefficient (Wildman–Crippen LogP) is 1.18. The van der Waals surface area contributed by atoms with Crippen LogP contribution in [0.15, 0.2) is 24.3 Å². The lowest BCUT2D eigenvalue weighted by molar-refractivity contribution is 0.464. The van der Waals surface area contributed by atoms with Crippen molar-refractivity contribution >= 4 is 15.7 Å². The predicted molar refractivity (Wildman–Crippen MR) is 76.6 cm³/mol. The Morgan fingerprint density at radius 2 is 2.10 bits per heavy atom. The van der Waals surface area contributed by atoms with E-state index >= 15 is 0 Å². The van der Waals surface area contributed by atoms with Gasteiger partial charge >= 0.3 is 0 Å². The van der Waals surface area contributed by atoms with E-state index in [0.29, 0.717) is 19.6 Å². The zero-order valence-electron chi connectivity index (χ0n) is 11.2. The van der Waals surface area contributed by atoms with E-state index in [0.717, 1.165) is 24.1 Å². The summed E-state index contributed by atoms with van der Waals surface area (Å²) < 4.78 is 26.7. The van der Waals surface area contributed by atoms with Gasteiger partial charge in [-0.15, -0.1) is 0 Å². The first-order valence-corrected chi connectivity index (χ1v) is 8.44. The van der Waals surface area contributed by atoms with E-state index in [2.05, 4.69) is 6.19 Å². The van der Waals surface area contributed by atoms with Gasteiger partial charge in [0.25, 0.3) is 0 Å². The Kier molecular flexibility index (Phi) is 3.30. The van der Waals surface area contributed by atoms with Crippen LogP contribution in [0, 0.1) is 17.4 Å². The largest absolute Gasteiger partial charge is 0.310 e. The highest BCUT2D eigenvalue weighted by Crippen LogP contribution is 2.31. The van der Waals surface area contributed by atoms with Gasteiger partial charge in [0.1, 0.15) is 0 Å². The molecule has 1 fully saturated rings. The van der Waals surface area contributed by atoms with E-state index in [4.69, 9.17) is 5.26 Å². The minimum atomic E-state index is -3.29. The maximum absolute atomic E-state index is 12.6. The Labute approximate surface area is 119 Å². The van der Waals surface area contributed by atoms with Crippen molar-refractivity contribution in [1.82, 2.24) is 4.90 Å². The molecule has 0 saturated carbocycles. The van der Waals surface area contributed by atoms with Crippen molar-refractivity contribution in [1.29, 1.82) is 5.26 Å². The third kappa shape index (κ3) is 2.34. The molecule has 1 unspecified atom stereocenters. The van der Waals surface area contributed by atoms with Crippen LogP contribution in [0.3, 0.4) is 0 Å². The Bertz CT molecular complexity index is 651. The molecule has 0 radical (unpaired) electrons.